The van der Waals surface area contributed by atoms with Gasteiger partial charge >= 0.3 is 5.97 Å². The lowest BCUT2D eigenvalue weighted by atomic mass is 9.76. The minimum atomic E-state index is -0.811. The van der Waals surface area contributed by atoms with Crippen molar-refractivity contribution < 1.29 is 24.1 Å². The van der Waals surface area contributed by atoms with Crippen molar-refractivity contribution in [3.63, 3.8) is 0 Å². The molecule has 2 aliphatic rings. The second-order valence-electron chi connectivity index (χ2n) is 9.61. The van der Waals surface area contributed by atoms with Crippen LogP contribution in [0.5, 0.6) is 5.75 Å². The summed E-state index contributed by atoms with van der Waals surface area (Å²) < 4.78 is 22.6. The lowest BCUT2D eigenvalue weighted by Gasteiger charge is -2.43. The number of aliphatic carboxylic acids is 1. The first kappa shape index (κ1) is 20.1. The van der Waals surface area contributed by atoms with Gasteiger partial charge in [0.05, 0.1) is 23.6 Å². The number of ether oxygens (including phenoxy) is 1. The Morgan fingerprint density at radius 1 is 1.26 bits per heavy atom. The fraction of sp³-hybridized carbons (Fsp3) is 0.400. The van der Waals surface area contributed by atoms with Crippen molar-refractivity contribution in [3.8, 4) is 11.4 Å². The van der Waals surface area contributed by atoms with Gasteiger partial charge in [-0.2, -0.15) is 0 Å². The monoisotopic (exact) mass is 423 g/mol. The second kappa shape index (κ2) is 6.57. The van der Waals surface area contributed by atoms with Gasteiger partial charge in [-0.15, -0.1) is 0 Å². The number of carbonyl (C=O) groups is 1. The van der Waals surface area contributed by atoms with Crippen LogP contribution in [0.15, 0.2) is 36.4 Å². The smallest absolute Gasteiger partial charge is 0.306 e. The van der Waals surface area contributed by atoms with Crippen LogP contribution in [0.3, 0.4) is 0 Å². The quantitative estimate of drug-likeness (QED) is 0.596. The lowest BCUT2D eigenvalue weighted by Crippen LogP contribution is -2.43. The molecule has 0 radical (unpaired) electrons. The Morgan fingerprint density at radius 2 is 2.03 bits per heavy atom. The third-order valence-electron chi connectivity index (χ3n) is 7.00. The molecule has 2 aromatic carbocycles. The maximum atomic E-state index is 14.0. The maximum Gasteiger partial charge on any atom is 0.306 e. The first-order valence-electron chi connectivity index (χ1n) is 10.7. The number of halogens is 1. The van der Waals surface area contributed by atoms with Crippen LogP contribution in [-0.2, 0) is 20.5 Å². The number of aromatic nitrogens is 1. The number of phenols is 1. The number of benzene rings is 2. The highest BCUT2D eigenvalue weighted by molar-refractivity contribution is 5.94. The molecule has 3 aromatic rings. The Bertz CT molecular complexity index is 1230. The van der Waals surface area contributed by atoms with Gasteiger partial charge in [0.15, 0.2) is 0 Å². The number of carboxylic acid groups (broad SMARTS) is 1. The highest BCUT2D eigenvalue weighted by atomic mass is 19.1. The van der Waals surface area contributed by atoms with Crippen LogP contribution in [0.1, 0.15) is 49.9 Å². The molecule has 162 valence electrons. The van der Waals surface area contributed by atoms with Crippen molar-refractivity contribution in [2.24, 2.45) is 5.92 Å². The van der Waals surface area contributed by atoms with Crippen molar-refractivity contribution in [2.75, 3.05) is 6.61 Å². The Labute approximate surface area is 180 Å². The number of phenolic OH excluding ortho intramolecular Hbond substituents is 1. The third-order valence-corrected chi connectivity index (χ3v) is 7.00. The average molecular weight is 423 g/mol. The summed E-state index contributed by atoms with van der Waals surface area (Å²) >= 11 is 0. The summed E-state index contributed by atoms with van der Waals surface area (Å²) in [6, 6.07) is 10.4. The van der Waals surface area contributed by atoms with E-state index in [9.17, 15) is 19.4 Å². The molecule has 1 saturated carbocycles. The normalized spacial score (nSPS) is 24.6. The van der Waals surface area contributed by atoms with Crippen molar-refractivity contribution in [3.05, 3.63) is 59.0 Å². The summed E-state index contributed by atoms with van der Waals surface area (Å²) in [5, 5.41) is 21.3. The summed E-state index contributed by atoms with van der Waals surface area (Å²) in [6.07, 6.45) is 1.50. The summed E-state index contributed by atoms with van der Waals surface area (Å²) in [7, 11) is 0. The molecular weight excluding hydrogens is 397 g/mol. The first-order valence-corrected chi connectivity index (χ1v) is 10.7. The predicted octanol–water partition coefficient (Wildman–Crippen LogP) is 5.17. The number of aromatic hydroxyl groups is 1. The second-order valence-corrected chi connectivity index (χ2v) is 9.61. The maximum absolute atomic E-state index is 14.0. The summed E-state index contributed by atoms with van der Waals surface area (Å²) in [4.78, 5) is 11.7. The predicted molar refractivity (Wildman–Crippen MR) is 115 cm³/mol. The van der Waals surface area contributed by atoms with E-state index in [0.717, 1.165) is 22.5 Å². The van der Waals surface area contributed by atoms with E-state index in [0.29, 0.717) is 36.8 Å². The van der Waals surface area contributed by atoms with E-state index >= 15 is 0 Å². The Morgan fingerprint density at radius 3 is 2.71 bits per heavy atom. The van der Waals surface area contributed by atoms with Gasteiger partial charge in [-0.25, -0.2) is 4.39 Å². The largest absolute Gasteiger partial charge is 0.507 e. The molecule has 0 unspecified atom stereocenters. The molecule has 2 heterocycles. The molecule has 6 heteroatoms. The highest BCUT2D eigenvalue weighted by Gasteiger charge is 2.53. The summed E-state index contributed by atoms with van der Waals surface area (Å²) in [5.74, 6) is -1.41. The standard InChI is InChI=1S/C25H26FNO4/c1-14-11-16(7-8-17(14)26)27-18-5-4-6-19(28)20(18)21-22(27)24(2,3)13-31-25(21)10-9-15(12-25)23(29)30/h4-8,11,15,28H,9-10,12-13H2,1-3H3,(H,29,30)/t15-,25+/m0/s1. The van der Waals surface area contributed by atoms with Crippen molar-refractivity contribution >= 4 is 16.9 Å². The van der Waals surface area contributed by atoms with Gasteiger partial charge in [-0.3, -0.25) is 4.79 Å². The van der Waals surface area contributed by atoms with E-state index in [-0.39, 0.29) is 11.6 Å². The fourth-order valence-electron chi connectivity index (χ4n) is 5.48. The molecule has 0 bridgehead atoms. The van der Waals surface area contributed by atoms with E-state index in [4.69, 9.17) is 4.74 Å². The van der Waals surface area contributed by atoms with Crippen LogP contribution >= 0.6 is 0 Å². The molecule has 1 aliphatic heterocycles. The van der Waals surface area contributed by atoms with Gasteiger partial charge in [0.2, 0.25) is 0 Å². The molecule has 2 N–H and O–H groups in total. The number of rotatable bonds is 2. The van der Waals surface area contributed by atoms with Crippen LogP contribution in [-0.4, -0.2) is 27.4 Å². The van der Waals surface area contributed by atoms with Crippen LogP contribution < -0.4 is 0 Å². The molecule has 5 nitrogen and oxygen atoms in total. The van der Waals surface area contributed by atoms with Gasteiger partial charge in [0, 0.05) is 27.7 Å². The fourth-order valence-corrected chi connectivity index (χ4v) is 5.48. The minimum absolute atomic E-state index is 0.144. The van der Waals surface area contributed by atoms with Gasteiger partial charge in [-0.1, -0.05) is 19.9 Å². The first-order chi connectivity index (χ1) is 14.6. The lowest BCUT2D eigenvalue weighted by molar-refractivity contribution is -0.143. The van der Waals surface area contributed by atoms with Crippen molar-refractivity contribution in [1.29, 1.82) is 0 Å². The zero-order chi connectivity index (χ0) is 22.1. The number of hydrogen-bond acceptors (Lipinski definition) is 3. The Hall–Kier alpha value is -2.86. The Balaban J connectivity index is 1.88. The number of aryl methyl sites for hydroxylation is 1. The molecule has 31 heavy (non-hydrogen) atoms. The van der Waals surface area contributed by atoms with Crippen LogP contribution in [0.2, 0.25) is 0 Å². The molecule has 2 atom stereocenters. The topological polar surface area (TPSA) is 71.7 Å². The van der Waals surface area contributed by atoms with Crippen molar-refractivity contribution in [2.45, 2.75) is 51.0 Å². The van der Waals surface area contributed by atoms with E-state index in [1.165, 1.54) is 6.07 Å². The van der Waals surface area contributed by atoms with E-state index < -0.39 is 22.9 Å². The van der Waals surface area contributed by atoms with Crippen molar-refractivity contribution in [1.82, 2.24) is 4.57 Å². The number of nitrogens with zero attached hydrogens (tertiary/aromatic N) is 1. The van der Waals surface area contributed by atoms with Crippen LogP contribution in [0, 0.1) is 18.7 Å². The molecule has 1 fully saturated rings. The summed E-state index contributed by atoms with van der Waals surface area (Å²) in [6.45, 7) is 6.35. The molecule has 5 rings (SSSR count). The number of hydrogen-bond donors (Lipinski definition) is 2. The van der Waals surface area contributed by atoms with Gasteiger partial charge in [0.1, 0.15) is 11.6 Å². The van der Waals surface area contributed by atoms with E-state index in [1.807, 2.05) is 12.1 Å². The minimum Gasteiger partial charge on any atom is -0.507 e. The molecule has 0 saturated heterocycles. The molecule has 1 aromatic heterocycles. The molecule has 1 aliphatic carbocycles. The van der Waals surface area contributed by atoms with Gasteiger partial charge < -0.3 is 19.5 Å². The third kappa shape index (κ3) is 2.81. The number of carboxylic acids is 1. The van der Waals surface area contributed by atoms with E-state index in [2.05, 4.69) is 18.4 Å². The van der Waals surface area contributed by atoms with E-state index in [1.54, 1.807) is 25.1 Å². The SMILES string of the molecule is Cc1cc(-n2c3c(c4c(O)cccc42)[C@]2(CC[C@H](C(=O)O)C2)OCC3(C)C)ccc1F. The number of fused-ring (bicyclic) bond motifs is 4. The molecule has 0 amide bonds. The Kier molecular flexibility index (Phi) is 4.25. The summed E-state index contributed by atoms with van der Waals surface area (Å²) in [5.41, 5.74) is 2.89. The van der Waals surface area contributed by atoms with Gasteiger partial charge in [0.25, 0.3) is 0 Å². The zero-order valence-corrected chi connectivity index (χ0v) is 17.9. The molecule has 1 spiro atoms. The highest BCUT2D eigenvalue weighted by Crippen LogP contribution is 2.56. The van der Waals surface area contributed by atoms with Gasteiger partial charge in [-0.05, 0) is 62.1 Å². The molecular formula is C25H26FNO4. The average Bonchev–Trinajstić information content (AvgIpc) is 3.30. The zero-order valence-electron chi connectivity index (χ0n) is 17.9. The van der Waals surface area contributed by atoms with Crippen LogP contribution in [0.25, 0.3) is 16.6 Å². The van der Waals surface area contributed by atoms with Crippen LogP contribution in [0.4, 0.5) is 4.39 Å².